The molecule has 3 heteroatoms. The van der Waals surface area contributed by atoms with Crippen molar-refractivity contribution in [2.75, 3.05) is 4.90 Å². The molecule has 32 heavy (non-hydrogen) atoms. The molecule has 0 heterocycles. The third-order valence-electron chi connectivity index (χ3n) is 5.84. The van der Waals surface area contributed by atoms with E-state index in [1.165, 1.54) is 5.56 Å². The Balaban J connectivity index is 1.50. The van der Waals surface area contributed by atoms with Crippen LogP contribution in [-0.4, -0.2) is 10.9 Å². The third kappa shape index (κ3) is 3.64. The van der Waals surface area contributed by atoms with Gasteiger partial charge in [0.05, 0.1) is 0 Å². The first kappa shape index (κ1) is 20.0. The Morgan fingerprint density at radius 2 is 1.28 bits per heavy atom. The summed E-state index contributed by atoms with van der Waals surface area (Å²) in [7, 11) is 0. The lowest BCUT2D eigenvalue weighted by Crippen LogP contribution is -2.09. The molecule has 1 aliphatic rings. The number of benzene rings is 4. The summed E-state index contributed by atoms with van der Waals surface area (Å²) in [6.45, 7) is 2.08. The van der Waals surface area contributed by atoms with Crippen LogP contribution in [0.3, 0.4) is 0 Å². The van der Waals surface area contributed by atoms with Crippen LogP contribution in [-0.2, 0) is 0 Å². The highest BCUT2D eigenvalue weighted by molar-refractivity contribution is 6.16. The van der Waals surface area contributed by atoms with Gasteiger partial charge in [-0.2, -0.15) is 0 Å². The number of carbonyl (C=O) groups is 1. The van der Waals surface area contributed by atoms with Gasteiger partial charge in [-0.05, 0) is 60.5 Å². The van der Waals surface area contributed by atoms with Gasteiger partial charge in [0.25, 0.3) is 0 Å². The summed E-state index contributed by atoms with van der Waals surface area (Å²) in [4.78, 5) is 14.9. The van der Waals surface area contributed by atoms with Crippen molar-refractivity contribution in [1.82, 2.24) is 0 Å². The first-order valence-electron chi connectivity index (χ1n) is 10.7. The predicted molar refractivity (Wildman–Crippen MR) is 130 cm³/mol. The van der Waals surface area contributed by atoms with Crippen molar-refractivity contribution in [1.29, 1.82) is 0 Å². The number of para-hydroxylation sites is 1. The van der Waals surface area contributed by atoms with Gasteiger partial charge in [-0.3, -0.25) is 4.79 Å². The van der Waals surface area contributed by atoms with E-state index >= 15 is 0 Å². The third-order valence-corrected chi connectivity index (χ3v) is 5.84. The van der Waals surface area contributed by atoms with E-state index in [4.69, 9.17) is 0 Å². The van der Waals surface area contributed by atoms with Crippen LogP contribution >= 0.6 is 0 Å². The van der Waals surface area contributed by atoms with Gasteiger partial charge in [-0.15, -0.1) is 0 Å². The van der Waals surface area contributed by atoms with Gasteiger partial charge in [-0.1, -0.05) is 72.3 Å². The minimum atomic E-state index is -0.883. The van der Waals surface area contributed by atoms with Crippen molar-refractivity contribution in [3.05, 3.63) is 131 Å². The van der Waals surface area contributed by atoms with Crippen LogP contribution in [0.4, 0.5) is 17.1 Å². The van der Waals surface area contributed by atoms with Gasteiger partial charge >= 0.3 is 0 Å². The first-order valence-corrected chi connectivity index (χ1v) is 10.7. The second kappa shape index (κ2) is 8.29. The molecule has 1 aliphatic carbocycles. The zero-order valence-electron chi connectivity index (χ0n) is 17.8. The van der Waals surface area contributed by atoms with Crippen LogP contribution in [0.1, 0.15) is 33.2 Å². The number of ketones is 1. The van der Waals surface area contributed by atoms with Crippen molar-refractivity contribution in [3.8, 4) is 0 Å². The van der Waals surface area contributed by atoms with Gasteiger partial charge in [0.15, 0.2) is 5.78 Å². The van der Waals surface area contributed by atoms with Crippen LogP contribution < -0.4 is 4.90 Å². The number of fused-ring (bicyclic) bond motifs is 1. The summed E-state index contributed by atoms with van der Waals surface area (Å²) >= 11 is 0. The van der Waals surface area contributed by atoms with Gasteiger partial charge in [0.1, 0.15) is 6.10 Å². The molecular formula is C29H23NO2. The average Bonchev–Trinajstić information content (AvgIpc) is 3.07. The molecule has 0 aromatic heterocycles. The molecule has 0 saturated carbocycles. The van der Waals surface area contributed by atoms with Gasteiger partial charge in [-0.25, -0.2) is 0 Å². The molecule has 0 bridgehead atoms. The Morgan fingerprint density at radius 1 is 0.719 bits per heavy atom. The molecule has 4 aromatic carbocycles. The molecule has 1 unspecified atom stereocenters. The largest absolute Gasteiger partial charge is 0.383 e. The number of carbonyl (C=O) groups excluding carboxylic acids is 1. The van der Waals surface area contributed by atoms with E-state index in [-0.39, 0.29) is 5.78 Å². The van der Waals surface area contributed by atoms with Crippen LogP contribution in [0.15, 0.2) is 109 Å². The van der Waals surface area contributed by atoms with Gasteiger partial charge < -0.3 is 10.0 Å². The lowest BCUT2D eigenvalue weighted by atomic mass is 10.0. The normalized spacial score (nSPS) is 16.2. The van der Waals surface area contributed by atoms with Crippen molar-refractivity contribution < 1.29 is 9.90 Å². The predicted octanol–water partition coefficient (Wildman–Crippen LogP) is 6.78. The molecule has 4 aromatic rings. The van der Waals surface area contributed by atoms with E-state index in [9.17, 15) is 9.90 Å². The van der Waals surface area contributed by atoms with E-state index in [2.05, 4.69) is 48.2 Å². The molecule has 1 atom stereocenters. The van der Waals surface area contributed by atoms with E-state index in [0.29, 0.717) is 16.7 Å². The highest BCUT2D eigenvalue weighted by atomic mass is 16.3. The zero-order valence-corrected chi connectivity index (χ0v) is 17.8. The standard InChI is InChI=1S/C29H23NO2/c1-20-11-15-23(16-12-20)30(22-7-3-2-4-8-22)24-17-13-21(14-18-24)19-27-28(31)25-9-5-6-10-26(25)29(27)32/h2-19,28,31H,1H3. The molecule has 0 radical (unpaired) electrons. The molecule has 0 saturated heterocycles. The van der Waals surface area contributed by atoms with Gasteiger partial charge in [0, 0.05) is 28.2 Å². The zero-order chi connectivity index (χ0) is 22.1. The van der Waals surface area contributed by atoms with Crippen LogP contribution in [0.2, 0.25) is 0 Å². The summed E-state index contributed by atoms with van der Waals surface area (Å²) in [5.74, 6) is -0.109. The van der Waals surface area contributed by atoms with Crippen molar-refractivity contribution in [2.24, 2.45) is 0 Å². The van der Waals surface area contributed by atoms with Crippen LogP contribution in [0.25, 0.3) is 6.08 Å². The van der Waals surface area contributed by atoms with Crippen molar-refractivity contribution in [3.63, 3.8) is 0 Å². The molecule has 1 N–H and O–H groups in total. The first-order chi connectivity index (χ1) is 15.6. The monoisotopic (exact) mass is 417 g/mol. The summed E-state index contributed by atoms with van der Waals surface area (Å²) in [6.07, 6.45) is 0.905. The fourth-order valence-corrected chi connectivity index (χ4v) is 4.15. The van der Waals surface area contributed by atoms with E-state index in [1.54, 1.807) is 18.2 Å². The molecule has 0 spiro atoms. The Morgan fingerprint density at radius 3 is 1.94 bits per heavy atom. The number of hydrogen-bond acceptors (Lipinski definition) is 3. The van der Waals surface area contributed by atoms with E-state index in [0.717, 1.165) is 22.6 Å². The molecule has 3 nitrogen and oxygen atoms in total. The summed E-state index contributed by atoms with van der Waals surface area (Å²) in [6, 6.07) is 34.0. The van der Waals surface area contributed by atoms with E-state index in [1.807, 2.05) is 54.6 Å². The Labute approximate surface area is 187 Å². The molecule has 0 aliphatic heterocycles. The Hall–Kier alpha value is -3.95. The number of aliphatic hydroxyl groups is 1. The maximum atomic E-state index is 12.7. The fraction of sp³-hybridized carbons (Fsp3) is 0.0690. The molecule has 0 amide bonds. The quantitative estimate of drug-likeness (QED) is 0.372. The highest BCUT2D eigenvalue weighted by Gasteiger charge is 2.32. The second-order valence-electron chi connectivity index (χ2n) is 8.02. The molecular weight excluding hydrogens is 394 g/mol. The Kier molecular flexibility index (Phi) is 5.18. The lowest BCUT2D eigenvalue weighted by Gasteiger charge is -2.25. The number of Topliss-reactive ketones (excluding diaryl/α,β-unsaturated/α-hetero) is 1. The van der Waals surface area contributed by atoms with Crippen molar-refractivity contribution >= 4 is 28.9 Å². The lowest BCUT2D eigenvalue weighted by molar-refractivity contribution is 0.102. The molecule has 156 valence electrons. The van der Waals surface area contributed by atoms with E-state index < -0.39 is 6.10 Å². The average molecular weight is 418 g/mol. The smallest absolute Gasteiger partial charge is 0.192 e. The number of aliphatic hydroxyl groups excluding tert-OH is 1. The number of nitrogens with zero attached hydrogens (tertiary/aromatic N) is 1. The fourth-order valence-electron chi connectivity index (χ4n) is 4.15. The number of rotatable bonds is 4. The SMILES string of the molecule is Cc1ccc(N(c2ccccc2)c2ccc(C=C3C(=O)c4ccccc4C3O)cc2)cc1. The minimum absolute atomic E-state index is 0.109. The molecule has 5 rings (SSSR count). The maximum absolute atomic E-state index is 12.7. The topological polar surface area (TPSA) is 40.5 Å². The minimum Gasteiger partial charge on any atom is -0.383 e. The maximum Gasteiger partial charge on any atom is 0.192 e. The van der Waals surface area contributed by atoms with Crippen molar-refractivity contribution in [2.45, 2.75) is 13.0 Å². The molecule has 0 fully saturated rings. The number of anilines is 3. The Bertz CT molecular complexity index is 1290. The summed E-state index contributed by atoms with van der Waals surface area (Å²) < 4.78 is 0. The number of hydrogen-bond donors (Lipinski definition) is 1. The van der Waals surface area contributed by atoms with Crippen LogP contribution in [0.5, 0.6) is 0 Å². The van der Waals surface area contributed by atoms with Crippen LogP contribution in [0, 0.1) is 6.92 Å². The highest BCUT2D eigenvalue weighted by Crippen LogP contribution is 2.38. The summed E-state index contributed by atoms with van der Waals surface area (Å²) in [5.41, 5.74) is 6.92. The summed E-state index contributed by atoms with van der Waals surface area (Å²) in [5, 5.41) is 10.6. The second-order valence-corrected chi connectivity index (χ2v) is 8.02. The van der Waals surface area contributed by atoms with Gasteiger partial charge in [0.2, 0.25) is 0 Å². The number of aryl methyl sites for hydroxylation is 1.